The summed E-state index contributed by atoms with van der Waals surface area (Å²) in [4.78, 5) is 14.3. The molecule has 8 heteroatoms. The van der Waals surface area contributed by atoms with Gasteiger partial charge < -0.3 is 9.32 Å². The summed E-state index contributed by atoms with van der Waals surface area (Å²) in [5.74, 6) is 0.965. The standard InChI is InChI=1S/C14H26N4O3S/c1-5-17(14(2,15)18(19)20)7-9-22-11-13-12(6-8-21-13)10-16(3)4/h6,8H,5,7,9-11,15H2,1-4H3. The average Bonchev–Trinajstić information content (AvgIpc) is 2.84. The summed E-state index contributed by atoms with van der Waals surface area (Å²) >= 11 is 1.69. The van der Waals surface area contributed by atoms with E-state index in [2.05, 4.69) is 4.90 Å². The first-order valence-electron chi connectivity index (χ1n) is 7.25. The van der Waals surface area contributed by atoms with Crippen molar-refractivity contribution in [2.45, 2.75) is 31.9 Å². The molecule has 2 N–H and O–H groups in total. The van der Waals surface area contributed by atoms with Crippen molar-refractivity contribution < 1.29 is 9.34 Å². The summed E-state index contributed by atoms with van der Waals surface area (Å²) in [7, 11) is 4.03. The number of thioether (sulfide) groups is 1. The molecule has 7 nitrogen and oxygen atoms in total. The third-order valence-electron chi connectivity index (χ3n) is 3.45. The molecule has 1 aromatic heterocycles. The quantitative estimate of drug-likeness (QED) is 0.303. The van der Waals surface area contributed by atoms with Gasteiger partial charge in [0, 0.05) is 37.9 Å². The smallest absolute Gasteiger partial charge is 0.329 e. The van der Waals surface area contributed by atoms with Crippen LogP contribution in [0.25, 0.3) is 0 Å². The van der Waals surface area contributed by atoms with Gasteiger partial charge in [0.15, 0.2) is 0 Å². The minimum Gasteiger partial charge on any atom is -0.468 e. The second-order valence-electron chi connectivity index (χ2n) is 5.59. The highest BCUT2D eigenvalue weighted by atomic mass is 32.2. The van der Waals surface area contributed by atoms with Gasteiger partial charge in [-0.05, 0) is 20.2 Å². The third-order valence-corrected chi connectivity index (χ3v) is 4.39. The fourth-order valence-corrected chi connectivity index (χ4v) is 3.07. The van der Waals surface area contributed by atoms with E-state index in [4.69, 9.17) is 10.2 Å². The molecule has 0 aliphatic carbocycles. The zero-order chi connectivity index (χ0) is 16.8. The molecule has 1 heterocycles. The maximum Gasteiger partial charge on any atom is 0.329 e. The predicted octanol–water partition coefficient (Wildman–Crippen LogP) is 1.81. The zero-order valence-corrected chi connectivity index (χ0v) is 14.6. The molecule has 0 radical (unpaired) electrons. The average molecular weight is 330 g/mol. The predicted molar refractivity (Wildman–Crippen MR) is 89.1 cm³/mol. The highest BCUT2D eigenvalue weighted by Gasteiger charge is 2.37. The normalized spacial score (nSPS) is 14.5. The molecule has 1 atom stereocenters. The van der Waals surface area contributed by atoms with Gasteiger partial charge in [-0.3, -0.25) is 15.8 Å². The Labute approximate surface area is 136 Å². The van der Waals surface area contributed by atoms with Gasteiger partial charge in [0.25, 0.3) is 0 Å². The molecule has 0 bridgehead atoms. The van der Waals surface area contributed by atoms with Crippen molar-refractivity contribution in [1.29, 1.82) is 0 Å². The Balaban J connectivity index is 2.45. The maximum atomic E-state index is 11.0. The lowest BCUT2D eigenvalue weighted by Crippen LogP contribution is -2.59. The SMILES string of the molecule is CCN(CCSCc1occc1CN(C)C)C(C)(N)[N+](=O)[O-]. The largest absolute Gasteiger partial charge is 0.468 e. The molecule has 1 rings (SSSR count). The van der Waals surface area contributed by atoms with Gasteiger partial charge >= 0.3 is 5.79 Å². The van der Waals surface area contributed by atoms with Crippen LogP contribution in [0.5, 0.6) is 0 Å². The molecule has 0 saturated heterocycles. The lowest BCUT2D eigenvalue weighted by Gasteiger charge is -2.29. The molecule has 0 amide bonds. The molecule has 22 heavy (non-hydrogen) atoms. The lowest BCUT2D eigenvalue weighted by molar-refractivity contribution is -0.595. The van der Waals surface area contributed by atoms with Crippen LogP contribution >= 0.6 is 11.8 Å². The van der Waals surface area contributed by atoms with Crippen LogP contribution in [0.1, 0.15) is 25.2 Å². The number of nitrogens with two attached hydrogens (primary N) is 1. The second kappa shape index (κ2) is 8.52. The monoisotopic (exact) mass is 330 g/mol. The summed E-state index contributed by atoms with van der Waals surface area (Å²) in [5.41, 5.74) is 6.94. The Morgan fingerprint density at radius 3 is 2.73 bits per heavy atom. The fraction of sp³-hybridized carbons (Fsp3) is 0.714. The van der Waals surface area contributed by atoms with Crippen LogP contribution in [0, 0.1) is 10.1 Å². The summed E-state index contributed by atoms with van der Waals surface area (Å²) < 4.78 is 5.51. The molecule has 0 aliphatic heterocycles. The maximum absolute atomic E-state index is 11.0. The summed E-state index contributed by atoms with van der Waals surface area (Å²) in [5, 5.41) is 11.0. The van der Waals surface area contributed by atoms with E-state index in [9.17, 15) is 10.1 Å². The van der Waals surface area contributed by atoms with Crippen molar-refractivity contribution in [3.63, 3.8) is 0 Å². The Kier molecular flexibility index (Phi) is 7.34. The highest BCUT2D eigenvalue weighted by molar-refractivity contribution is 7.98. The summed E-state index contributed by atoms with van der Waals surface area (Å²) in [6.45, 7) is 5.26. The minimum atomic E-state index is -1.52. The van der Waals surface area contributed by atoms with Crippen molar-refractivity contribution in [2.24, 2.45) is 5.73 Å². The van der Waals surface area contributed by atoms with Gasteiger partial charge in [-0.1, -0.05) is 6.92 Å². The van der Waals surface area contributed by atoms with Crippen LogP contribution in [0.2, 0.25) is 0 Å². The van der Waals surface area contributed by atoms with Gasteiger partial charge in [0.05, 0.1) is 16.9 Å². The van der Waals surface area contributed by atoms with E-state index in [1.807, 2.05) is 27.1 Å². The van der Waals surface area contributed by atoms with E-state index >= 15 is 0 Å². The van der Waals surface area contributed by atoms with E-state index in [-0.39, 0.29) is 0 Å². The van der Waals surface area contributed by atoms with E-state index < -0.39 is 10.7 Å². The van der Waals surface area contributed by atoms with Crippen LogP contribution in [0.4, 0.5) is 0 Å². The van der Waals surface area contributed by atoms with Crippen molar-refractivity contribution in [3.8, 4) is 0 Å². The van der Waals surface area contributed by atoms with Crippen LogP contribution in [0.3, 0.4) is 0 Å². The van der Waals surface area contributed by atoms with Crippen molar-refractivity contribution in [1.82, 2.24) is 9.80 Å². The Hall–Kier alpha value is -1.09. The van der Waals surface area contributed by atoms with Gasteiger partial charge in [0.2, 0.25) is 0 Å². The summed E-state index contributed by atoms with van der Waals surface area (Å²) in [6.07, 6.45) is 1.71. The first-order valence-corrected chi connectivity index (χ1v) is 8.40. The molecular formula is C14H26N4O3S. The van der Waals surface area contributed by atoms with Gasteiger partial charge in [-0.25, -0.2) is 4.90 Å². The van der Waals surface area contributed by atoms with Gasteiger partial charge in [-0.15, -0.1) is 0 Å². The molecule has 0 fully saturated rings. The molecule has 0 saturated carbocycles. The molecule has 126 valence electrons. The van der Waals surface area contributed by atoms with E-state index in [1.54, 1.807) is 22.9 Å². The van der Waals surface area contributed by atoms with Crippen molar-refractivity contribution in [2.75, 3.05) is 32.9 Å². The zero-order valence-electron chi connectivity index (χ0n) is 13.7. The first kappa shape index (κ1) is 19.0. The van der Waals surface area contributed by atoms with Gasteiger partial charge in [0.1, 0.15) is 5.76 Å². The molecular weight excluding hydrogens is 304 g/mol. The number of nitro groups is 1. The molecule has 0 aliphatic rings. The second-order valence-corrected chi connectivity index (χ2v) is 6.70. The van der Waals surface area contributed by atoms with Crippen LogP contribution in [-0.4, -0.2) is 53.4 Å². The summed E-state index contributed by atoms with van der Waals surface area (Å²) in [6, 6.07) is 1.98. The topological polar surface area (TPSA) is 88.8 Å². The van der Waals surface area contributed by atoms with Crippen LogP contribution in [0.15, 0.2) is 16.7 Å². The molecule has 1 aromatic rings. The fourth-order valence-electron chi connectivity index (χ4n) is 2.13. The minimum absolute atomic E-state index is 0.442. The molecule has 1 unspecified atom stereocenters. The van der Waals surface area contributed by atoms with Gasteiger partial charge in [-0.2, -0.15) is 11.8 Å². The van der Waals surface area contributed by atoms with Crippen molar-refractivity contribution >= 4 is 11.8 Å². The number of hydrogen-bond acceptors (Lipinski definition) is 7. The van der Waals surface area contributed by atoms with Crippen molar-refractivity contribution in [3.05, 3.63) is 33.8 Å². The molecule has 0 aromatic carbocycles. The Morgan fingerprint density at radius 1 is 1.50 bits per heavy atom. The number of nitrogens with zero attached hydrogens (tertiary/aromatic N) is 3. The third kappa shape index (κ3) is 5.28. The number of furan rings is 1. The van der Waals surface area contributed by atoms with E-state index in [0.717, 1.165) is 23.8 Å². The van der Waals surface area contributed by atoms with E-state index in [1.165, 1.54) is 12.5 Å². The number of hydrogen-bond donors (Lipinski definition) is 1. The Morgan fingerprint density at radius 2 is 2.18 bits per heavy atom. The molecule has 0 spiro atoms. The first-order chi connectivity index (χ1) is 10.3. The van der Waals surface area contributed by atoms with E-state index in [0.29, 0.717) is 13.1 Å². The lowest BCUT2D eigenvalue weighted by atomic mass is 10.2. The van der Waals surface area contributed by atoms with Crippen LogP contribution in [-0.2, 0) is 12.3 Å². The highest BCUT2D eigenvalue weighted by Crippen LogP contribution is 2.19. The Bertz CT molecular complexity index is 476. The number of rotatable bonds is 10. The van der Waals surface area contributed by atoms with Crippen LogP contribution < -0.4 is 5.73 Å².